The Morgan fingerprint density at radius 1 is 1.20 bits per heavy atom. The number of pyridine rings is 1. The zero-order valence-corrected chi connectivity index (χ0v) is 15.1. The zero-order chi connectivity index (χ0) is 18.2. The Hall–Kier alpha value is -2.56. The van der Waals surface area contributed by atoms with Gasteiger partial charge in [0.15, 0.2) is 6.10 Å². The second-order valence-corrected chi connectivity index (χ2v) is 6.48. The monoisotopic (exact) mass is 342 g/mol. The van der Waals surface area contributed by atoms with Crippen molar-refractivity contribution in [3.05, 3.63) is 64.6 Å². The van der Waals surface area contributed by atoms with Crippen LogP contribution in [0.4, 0.5) is 0 Å². The molecule has 0 bridgehead atoms. The molecule has 1 amide bonds. The van der Waals surface area contributed by atoms with Gasteiger partial charge in [-0.1, -0.05) is 32.0 Å². The molecule has 2 rings (SSSR count). The van der Waals surface area contributed by atoms with Gasteiger partial charge < -0.3 is 14.6 Å². The molecular formula is C20H26N2O3. The molecule has 0 spiro atoms. The van der Waals surface area contributed by atoms with E-state index in [4.69, 9.17) is 4.74 Å². The van der Waals surface area contributed by atoms with Crippen LogP contribution in [0.1, 0.15) is 25.8 Å². The number of ether oxygens (including phenoxy) is 1. The van der Waals surface area contributed by atoms with Crippen LogP contribution in [0.5, 0.6) is 5.75 Å². The van der Waals surface area contributed by atoms with E-state index in [1.54, 1.807) is 16.8 Å². The lowest BCUT2D eigenvalue weighted by molar-refractivity contribution is -0.129. The first kappa shape index (κ1) is 18.8. The number of aryl methyl sites for hydroxylation is 2. The van der Waals surface area contributed by atoms with Crippen LogP contribution in [0.15, 0.2) is 53.5 Å². The Morgan fingerprint density at radius 2 is 2.00 bits per heavy atom. The zero-order valence-electron chi connectivity index (χ0n) is 15.1. The van der Waals surface area contributed by atoms with E-state index >= 15 is 0 Å². The average molecular weight is 342 g/mol. The molecule has 0 saturated carbocycles. The standard InChI is InChI=1S/C20H26N2O3/c1-15(2)19(25-17-9-6-8-16(3)14-17)20(24)21-11-7-13-22-12-5-4-10-18(22)23/h4-6,8-10,12,14-15,19H,7,11,13H2,1-3H3,(H,21,24)/t19-/m0/s1. The van der Waals surface area contributed by atoms with E-state index in [0.29, 0.717) is 25.3 Å². The third-order valence-corrected chi connectivity index (χ3v) is 3.89. The molecule has 0 radical (unpaired) electrons. The molecule has 1 heterocycles. The predicted molar refractivity (Wildman–Crippen MR) is 98.8 cm³/mol. The van der Waals surface area contributed by atoms with E-state index in [1.165, 1.54) is 6.07 Å². The number of aromatic nitrogens is 1. The van der Waals surface area contributed by atoms with Crippen molar-refractivity contribution >= 4 is 5.91 Å². The van der Waals surface area contributed by atoms with E-state index in [2.05, 4.69) is 5.32 Å². The van der Waals surface area contributed by atoms with Crippen LogP contribution >= 0.6 is 0 Å². The molecule has 1 aromatic carbocycles. The van der Waals surface area contributed by atoms with Crippen LogP contribution in [0, 0.1) is 12.8 Å². The van der Waals surface area contributed by atoms with Gasteiger partial charge in [0.2, 0.25) is 5.56 Å². The van der Waals surface area contributed by atoms with Gasteiger partial charge >= 0.3 is 0 Å². The Morgan fingerprint density at radius 3 is 2.68 bits per heavy atom. The maximum atomic E-state index is 12.4. The van der Waals surface area contributed by atoms with Crippen molar-refractivity contribution in [2.75, 3.05) is 6.54 Å². The van der Waals surface area contributed by atoms with Gasteiger partial charge in [0.05, 0.1) is 0 Å². The quantitative estimate of drug-likeness (QED) is 0.751. The van der Waals surface area contributed by atoms with Crippen molar-refractivity contribution in [1.82, 2.24) is 9.88 Å². The maximum absolute atomic E-state index is 12.4. The van der Waals surface area contributed by atoms with Crippen molar-refractivity contribution in [2.24, 2.45) is 5.92 Å². The minimum absolute atomic E-state index is 0.0309. The van der Waals surface area contributed by atoms with Crippen LogP contribution in [0.3, 0.4) is 0 Å². The number of hydrogen-bond acceptors (Lipinski definition) is 3. The summed E-state index contributed by atoms with van der Waals surface area (Å²) in [6, 6.07) is 12.8. The maximum Gasteiger partial charge on any atom is 0.261 e. The molecule has 0 unspecified atom stereocenters. The molecule has 0 aliphatic carbocycles. The minimum atomic E-state index is -0.541. The van der Waals surface area contributed by atoms with Gasteiger partial charge in [0, 0.05) is 25.4 Å². The van der Waals surface area contributed by atoms with Crippen molar-refractivity contribution in [3.63, 3.8) is 0 Å². The van der Waals surface area contributed by atoms with Crippen LogP contribution in [-0.4, -0.2) is 23.1 Å². The summed E-state index contributed by atoms with van der Waals surface area (Å²) < 4.78 is 7.52. The minimum Gasteiger partial charge on any atom is -0.480 e. The Labute approximate surface area is 148 Å². The van der Waals surface area contributed by atoms with Gasteiger partial charge in [-0.15, -0.1) is 0 Å². The lowest BCUT2D eigenvalue weighted by Crippen LogP contribution is -2.42. The second kappa shape index (κ2) is 9.06. The van der Waals surface area contributed by atoms with Crippen molar-refractivity contribution in [2.45, 2.75) is 39.8 Å². The van der Waals surface area contributed by atoms with Gasteiger partial charge in [-0.05, 0) is 43.0 Å². The molecule has 1 aromatic heterocycles. The van der Waals surface area contributed by atoms with Gasteiger partial charge in [-0.2, -0.15) is 0 Å². The molecule has 5 heteroatoms. The normalized spacial score (nSPS) is 12.0. The summed E-state index contributed by atoms with van der Waals surface area (Å²) >= 11 is 0. The number of amides is 1. The molecule has 25 heavy (non-hydrogen) atoms. The predicted octanol–water partition coefficient (Wildman–Crippen LogP) is 2.77. The summed E-state index contributed by atoms with van der Waals surface area (Å²) in [7, 11) is 0. The number of hydrogen-bond donors (Lipinski definition) is 1. The van der Waals surface area contributed by atoms with Crippen molar-refractivity contribution < 1.29 is 9.53 Å². The number of nitrogens with one attached hydrogen (secondary N) is 1. The highest BCUT2D eigenvalue weighted by atomic mass is 16.5. The van der Waals surface area contributed by atoms with Crippen LogP contribution in [0.25, 0.3) is 0 Å². The average Bonchev–Trinajstić information content (AvgIpc) is 2.57. The number of carbonyl (C=O) groups excluding carboxylic acids is 1. The summed E-state index contributed by atoms with van der Waals surface area (Å²) in [6.07, 6.45) is 1.90. The number of benzene rings is 1. The van der Waals surface area contributed by atoms with Crippen molar-refractivity contribution in [3.8, 4) is 5.75 Å². The van der Waals surface area contributed by atoms with Gasteiger partial charge in [0.1, 0.15) is 5.75 Å². The molecule has 1 N–H and O–H groups in total. The molecule has 134 valence electrons. The smallest absolute Gasteiger partial charge is 0.261 e. The van der Waals surface area contributed by atoms with E-state index in [9.17, 15) is 9.59 Å². The van der Waals surface area contributed by atoms with E-state index in [0.717, 1.165) is 5.56 Å². The molecule has 0 aliphatic heterocycles. The second-order valence-electron chi connectivity index (χ2n) is 6.48. The molecule has 1 atom stereocenters. The molecule has 0 saturated heterocycles. The third kappa shape index (κ3) is 5.78. The molecule has 0 aliphatic rings. The Kier molecular flexibility index (Phi) is 6.81. The highest BCUT2D eigenvalue weighted by Gasteiger charge is 2.23. The third-order valence-electron chi connectivity index (χ3n) is 3.89. The number of nitrogens with zero attached hydrogens (tertiary/aromatic N) is 1. The van der Waals surface area contributed by atoms with Gasteiger partial charge in [-0.25, -0.2) is 0 Å². The first-order valence-corrected chi connectivity index (χ1v) is 8.64. The Bertz CT molecular complexity index is 752. The number of rotatable bonds is 8. The van der Waals surface area contributed by atoms with E-state index < -0.39 is 6.10 Å². The summed E-state index contributed by atoms with van der Waals surface area (Å²) in [5, 5.41) is 2.91. The molecule has 0 fully saturated rings. The topological polar surface area (TPSA) is 60.3 Å². The van der Waals surface area contributed by atoms with E-state index in [-0.39, 0.29) is 17.4 Å². The Balaban J connectivity index is 1.86. The summed E-state index contributed by atoms with van der Waals surface area (Å²) in [5.74, 6) is 0.624. The fourth-order valence-electron chi connectivity index (χ4n) is 2.53. The van der Waals surface area contributed by atoms with E-state index in [1.807, 2.05) is 51.1 Å². The molecular weight excluding hydrogens is 316 g/mol. The SMILES string of the molecule is Cc1cccc(O[C@H](C(=O)NCCCn2ccccc2=O)C(C)C)c1. The lowest BCUT2D eigenvalue weighted by Gasteiger charge is -2.22. The fourth-order valence-corrected chi connectivity index (χ4v) is 2.53. The molecule has 5 nitrogen and oxygen atoms in total. The largest absolute Gasteiger partial charge is 0.480 e. The summed E-state index contributed by atoms with van der Waals surface area (Å²) in [4.78, 5) is 24.1. The highest BCUT2D eigenvalue weighted by Crippen LogP contribution is 2.17. The summed E-state index contributed by atoms with van der Waals surface area (Å²) in [6.45, 7) is 6.99. The first-order valence-electron chi connectivity index (χ1n) is 8.64. The highest BCUT2D eigenvalue weighted by molar-refractivity contribution is 5.81. The summed E-state index contributed by atoms with van der Waals surface area (Å²) in [5.41, 5.74) is 1.06. The fraction of sp³-hybridized carbons (Fsp3) is 0.400. The van der Waals surface area contributed by atoms with Gasteiger partial charge in [0.25, 0.3) is 5.91 Å². The van der Waals surface area contributed by atoms with Crippen molar-refractivity contribution in [1.29, 1.82) is 0 Å². The van der Waals surface area contributed by atoms with Crippen LogP contribution in [0.2, 0.25) is 0 Å². The van der Waals surface area contributed by atoms with Crippen LogP contribution in [-0.2, 0) is 11.3 Å². The first-order chi connectivity index (χ1) is 12.0. The molecule has 2 aromatic rings. The van der Waals surface area contributed by atoms with Gasteiger partial charge in [-0.3, -0.25) is 9.59 Å². The lowest BCUT2D eigenvalue weighted by atomic mass is 10.1. The van der Waals surface area contributed by atoms with Crippen LogP contribution < -0.4 is 15.6 Å². The number of carbonyl (C=O) groups is 1.